The Kier molecular flexibility index (Phi) is 4.52. The van der Waals surface area contributed by atoms with Crippen LogP contribution in [-0.4, -0.2) is 43.1 Å². The van der Waals surface area contributed by atoms with Gasteiger partial charge >= 0.3 is 0 Å². The molecule has 1 fully saturated rings. The van der Waals surface area contributed by atoms with E-state index in [1.807, 2.05) is 18.2 Å². The highest BCUT2D eigenvalue weighted by Gasteiger charge is 2.18. The van der Waals surface area contributed by atoms with Crippen LogP contribution in [0, 0.1) is 0 Å². The summed E-state index contributed by atoms with van der Waals surface area (Å²) < 4.78 is 16.8. The standard InChI is InChI=1S/C14H16BrN3O3/c1-19-12-3-2-9(6-11(12)15)14-17-13(21-18-14)7-10-8-20-5-4-16-10/h2-3,6,10,16H,4-5,7-8H2,1H3. The molecule has 6 nitrogen and oxygen atoms in total. The second-order valence-corrected chi connectivity index (χ2v) is 5.65. The van der Waals surface area contributed by atoms with Gasteiger partial charge in [0.2, 0.25) is 11.7 Å². The van der Waals surface area contributed by atoms with Crippen LogP contribution in [-0.2, 0) is 11.2 Å². The summed E-state index contributed by atoms with van der Waals surface area (Å²) >= 11 is 3.45. The SMILES string of the molecule is COc1ccc(-c2noc(CC3COCCN3)n2)cc1Br. The molecule has 1 unspecified atom stereocenters. The largest absolute Gasteiger partial charge is 0.496 e. The average molecular weight is 354 g/mol. The van der Waals surface area contributed by atoms with E-state index in [2.05, 4.69) is 31.4 Å². The van der Waals surface area contributed by atoms with Gasteiger partial charge in [0, 0.05) is 24.6 Å². The maximum absolute atomic E-state index is 5.41. The van der Waals surface area contributed by atoms with E-state index in [0.717, 1.165) is 28.9 Å². The second-order valence-electron chi connectivity index (χ2n) is 4.79. The van der Waals surface area contributed by atoms with Crippen LogP contribution in [0.4, 0.5) is 0 Å². The van der Waals surface area contributed by atoms with Gasteiger partial charge in [0.05, 0.1) is 24.8 Å². The molecule has 1 aromatic heterocycles. The molecule has 21 heavy (non-hydrogen) atoms. The maximum atomic E-state index is 5.41. The van der Waals surface area contributed by atoms with Gasteiger partial charge in [-0.2, -0.15) is 4.98 Å². The fraction of sp³-hybridized carbons (Fsp3) is 0.429. The van der Waals surface area contributed by atoms with E-state index in [1.54, 1.807) is 7.11 Å². The minimum atomic E-state index is 0.231. The first-order valence-electron chi connectivity index (χ1n) is 6.74. The molecule has 1 aliphatic rings. The predicted molar refractivity (Wildman–Crippen MR) is 80.3 cm³/mol. The third-order valence-electron chi connectivity index (χ3n) is 3.30. The van der Waals surface area contributed by atoms with Crippen molar-refractivity contribution >= 4 is 15.9 Å². The molecule has 0 spiro atoms. The zero-order valence-corrected chi connectivity index (χ0v) is 13.2. The lowest BCUT2D eigenvalue weighted by atomic mass is 10.2. The zero-order valence-electron chi connectivity index (χ0n) is 11.6. The van der Waals surface area contributed by atoms with Gasteiger partial charge in [-0.1, -0.05) is 5.16 Å². The van der Waals surface area contributed by atoms with Crippen molar-refractivity contribution in [2.75, 3.05) is 26.9 Å². The topological polar surface area (TPSA) is 69.4 Å². The number of hydrogen-bond acceptors (Lipinski definition) is 6. The molecule has 0 saturated carbocycles. The number of methoxy groups -OCH3 is 1. The van der Waals surface area contributed by atoms with Crippen molar-refractivity contribution in [1.82, 2.24) is 15.5 Å². The number of nitrogens with zero attached hydrogens (tertiary/aromatic N) is 2. The van der Waals surface area contributed by atoms with Gasteiger partial charge in [-0.05, 0) is 34.1 Å². The Labute approximate surface area is 131 Å². The van der Waals surface area contributed by atoms with E-state index in [1.165, 1.54) is 0 Å². The Morgan fingerprint density at radius 3 is 3.10 bits per heavy atom. The molecule has 1 N–H and O–H groups in total. The van der Waals surface area contributed by atoms with Gasteiger partial charge in [0.1, 0.15) is 5.75 Å². The Bertz CT molecular complexity index is 611. The second kappa shape index (κ2) is 6.55. The van der Waals surface area contributed by atoms with E-state index < -0.39 is 0 Å². The van der Waals surface area contributed by atoms with Crippen LogP contribution in [0.3, 0.4) is 0 Å². The highest BCUT2D eigenvalue weighted by Crippen LogP contribution is 2.29. The summed E-state index contributed by atoms with van der Waals surface area (Å²) in [6.45, 7) is 2.29. The van der Waals surface area contributed by atoms with Gasteiger partial charge in [-0.15, -0.1) is 0 Å². The lowest BCUT2D eigenvalue weighted by Gasteiger charge is -2.22. The molecule has 1 saturated heterocycles. The highest BCUT2D eigenvalue weighted by atomic mass is 79.9. The Balaban J connectivity index is 1.73. The van der Waals surface area contributed by atoms with Gasteiger partial charge in [0.15, 0.2) is 0 Å². The molecule has 0 bridgehead atoms. The summed E-state index contributed by atoms with van der Waals surface area (Å²) in [7, 11) is 1.63. The lowest BCUT2D eigenvalue weighted by Crippen LogP contribution is -2.42. The average Bonchev–Trinajstić information content (AvgIpc) is 2.97. The van der Waals surface area contributed by atoms with E-state index in [9.17, 15) is 0 Å². The fourth-order valence-corrected chi connectivity index (χ4v) is 2.76. The number of hydrogen-bond donors (Lipinski definition) is 1. The first-order valence-corrected chi connectivity index (χ1v) is 7.53. The normalized spacial score (nSPS) is 18.7. The Morgan fingerprint density at radius 2 is 2.38 bits per heavy atom. The molecule has 1 aromatic carbocycles. The van der Waals surface area contributed by atoms with E-state index in [0.29, 0.717) is 24.7 Å². The van der Waals surface area contributed by atoms with Crippen LogP contribution < -0.4 is 10.1 Å². The number of rotatable bonds is 4. The van der Waals surface area contributed by atoms with Crippen molar-refractivity contribution in [1.29, 1.82) is 0 Å². The van der Waals surface area contributed by atoms with Gasteiger partial charge in [0.25, 0.3) is 0 Å². The molecule has 0 radical (unpaired) electrons. The molecular formula is C14H16BrN3O3. The number of benzene rings is 1. The molecule has 7 heteroatoms. The van der Waals surface area contributed by atoms with Crippen LogP contribution in [0.5, 0.6) is 5.75 Å². The molecule has 2 aromatic rings. The number of halogens is 1. The van der Waals surface area contributed by atoms with Crippen molar-refractivity contribution in [3.8, 4) is 17.1 Å². The third-order valence-corrected chi connectivity index (χ3v) is 3.92. The van der Waals surface area contributed by atoms with Crippen LogP contribution in [0.2, 0.25) is 0 Å². The van der Waals surface area contributed by atoms with Gasteiger partial charge in [-0.25, -0.2) is 0 Å². The predicted octanol–water partition coefficient (Wildman–Crippen LogP) is 2.04. The quantitative estimate of drug-likeness (QED) is 0.906. The Hall–Kier alpha value is -1.44. The molecule has 112 valence electrons. The molecule has 1 atom stereocenters. The third kappa shape index (κ3) is 3.42. The summed E-state index contributed by atoms with van der Waals surface area (Å²) in [5, 5.41) is 7.40. The molecule has 0 amide bonds. The summed E-state index contributed by atoms with van der Waals surface area (Å²) in [4.78, 5) is 4.44. The summed E-state index contributed by atoms with van der Waals surface area (Å²) in [6.07, 6.45) is 0.671. The van der Waals surface area contributed by atoms with Crippen molar-refractivity contribution in [3.63, 3.8) is 0 Å². The number of nitrogens with one attached hydrogen (secondary N) is 1. The first kappa shape index (κ1) is 14.5. The van der Waals surface area contributed by atoms with E-state index >= 15 is 0 Å². The van der Waals surface area contributed by atoms with Crippen LogP contribution >= 0.6 is 15.9 Å². The van der Waals surface area contributed by atoms with Crippen LogP contribution in [0.1, 0.15) is 5.89 Å². The monoisotopic (exact) mass is 353 g/mol. The van der Waals surface area contributed by atoms with Gasteiger partial charge in [-0.3, -0.25) is 0 Å². The molecular weight excluding hydrogens is 338 g/mol. The maximum Gasteiger partial charge on any atom is 0.228 e. The summed E-state index contributed by atoms with van der Waals surface area (Å²) in [6, 6.07) is 5.91. The first-order chi connectivity index (χ1) is 10.3. The zero-order chi connectivity index (χ0) is 14.7. The molecule has 1 aliphatic heterocycles. The van der Waals surface area contributed by atoms with Crippen molar-refractivity contribution in [3.05, 3.63) is 28.6 Å². The Morgan fingerprint density at radius 1 is 1.48 bits per heavy atom. The van der Waals surface area contributed by atoms with Crippen molar-refractivity contribution < 1.29 is 14.0 Å². The number of ether oxygens (including phenoxy) is 2. The fourth-order valence-electron chi connectivity index (χ4n) is 2.22. The van der Waals surface area contributed by atoms with E-state index in [-0.39, 0.29) is 6.04 Å². The highest BCUT2D eigenvalue weighted by molar-refractivity contribution is 9.10. The van der Waals surface area contributed by atoms with Crippen LogP contribution in [0.25, 0.3) is 11.4 Å². The minimum Gasteiger partial charge on any atom is -0.496 e. The minimum absolute atomic E-state index is 0.231. The molecule has 3 rings (SSSR count). The van der Waals surface area contributed by atoms with Crippen molar-refractivity contribution in [2.24, 2.45) is 0 Å². The molecule has 0 aliphatic carbocycles. The van der Waals surface area contributed by atoms with Crippen molar-refractivity contribution in [2.45, 2.75) is 12.5 Å². The number of aromatic nitrogens is 2. The molecule has 2 heterocycles. The van der Waals surface area contributed by atoms with Gasteiger partial charge < -0.3 is 19.3 Å². The smallest absolute Gasteiger partial charge is 0.228 e. The summed E-state index contributed by atoms with van der Waals surface area (Å²) in [5.74, 6) is 1.95. The number of morpholine rings is 1. The summed E-state index contributed by atoms with van der Waals surface area (Å²) in [5.41, 5.74) is 0.880. The van der Waals surface area contributed by atoms with Crippen LogP contribution in [0.15, 0.2) is 27.2 Å². The van der Waals surface area contributed by atoms with E-state index in [4.69, 9.17) is 14.0 Å². The lowest BCUT2D eigenvalue weighted by molar-refractivity contribution is 0.0744.